The SMILES string of the molecule is COc1ccccc1C1CC(c2c(O)n(C)c(=S)[nH]c2=O)=Nc2ccccc2S1. The molecule has 0 spiro atoms. The third-order valence-corrected chi connectivity index (χ3v) is 6.52. The van der Waals surface area contributed by atoms with E-state index in [0.29, 0.717) is 12.1 Å². The Morgan fingerprint density at radius 1 is 1.24 bits per heavy atom. The fraction of sp³-hybridized carbons (Fsp3) is 0.190. The molecule has 1 aromatic heterocycles. The summed E-state index contributed by atoms with van der Waals surface area (Å²) in [6.07, 6.45) is 0.438. The standard InChI is InChI=1S/C21H19N3O3S2/c1-24-20(26)18(19(25)23-21(24)28)14-11-17(12-7-3-5-9-15(12)27-2)29-16-10-6-4-8-13(16)22-14/h3-10,17,26H,11H2,1-2H3,(H,23,25,28). The molecule has 0 radical (unpaired) electrons. The second kappa shape index (κ2) is 7.88. The van der Waals surface area contributed by atoms with Gasteiger partial charge in [-0.25, -0.2) is 0 Å². The molecule has 0 saturated carbocycles. The number of benzene rings is 2. The number of H-pyrrole nitrogens is 1. The number of para-hydroxylation sites is 2. The van der Waals surface area contributed by atoms with Crippen LogP contribution in [0.15, 0.2) is 63.2 Å². The van der Waals surface area contributed by atoms with Gasteiger partial charge in [-0.1, -0.05) is 30.3 Å². The first kappa shape index (κ1) is 19.5. The number of hydrogen-bond donors (Lipinski definition) is 2. The Morgan fingerprint density at radius 2 is 1.97 bits per heavy atom. The van der Waals surface area contributed by atoms with Crippen LogP contribution in [0.4, 0.5) is 5.69 Å². The largest absolute Gasteiger partial charge is 0.496 e. The summed E-state index contributed by atoms with van der Waals surface area (Å²) in [5.41, 5.74) is 1.95. The van der Waals surface area contributed by atoms with Crippen LogP contribution in [0, 0.1) is 4.77 Å². The van der Waals surface area contributed by atoms with Gasteiger partial charge in [-0.05, 0) is 30.4 Å². The van der Waals surface area contributed by atoms with Gasteiger partial charge in [0, 0.05) is 29.2 Å². The second-order valence-corrected chi connectivity index (χ2v) is 8.23. The van der Waals surface area contributed by atoms with Crippen LogP contribution >= 0.6 is 24.0 Å². The summed E-state index contributed by atoms with van der Waals surface area (Å²) in [4.78, 5) is 21.1. The Kier molecular flexibility index (Phi) is 5.29. The number of nitrogens with zero attached hydrogens (tertiary/aromatic N) is 2. The van der Waals surface area contributed by atoms with Gasteiger partial charge in [-0.15, -0.1) is 11.8 Å². The molecule has 1 aliphatic rings. The average molecular weight is 426 g/mol. The van der Waals surface area contributed by atoms with Crippen molar-refractivity contribution >= 4 is 35.4 Å². The smallest absolute Gasteiger partial charge is 0.264 e. The number of rotatable bonds is 3. The topological polar surface area (TPSA) is 79.6 Å². The van der Waals surface area contributed by atoms with E-state index in [0.717, 1.165) is 21.9 Å². The van der Waals surface area contributed by atoms with Gasteiger partial charge >= 0.3 is 0 Å². The number of hydrogen-bond acceptors (Lipinski definition) is 6. The first-order valence-electron chi connectivity index (χ1n) is 8.98. The Labute approximate surface area is 176 Å². The molecular weight excluding hydrogens is 406 g/mol. The molecule has 2 heterocycles. The van der Waals surface area contributed by atoms with E-state index >= 15 is 0 Å². The second-order valence-electron chi connectivity index (χ2n) is 6.60. The first-order valence-corrected chi connectivity index (χ1v) is 10.3. The molecule has 29 heavy (non-hydrogen) atoms. The molecule has 3 aromatic rings. The van der Waals surface area contributed by atoms with Crippen molar-refractivity contribution in [3.8, 4) is 11.6 Å². The summed E-state index contributed by atoms with van der Waals surface area (Å²) < 4.78 is 7.09. The van der Waals surface area contributed by atoms with Crippen molar-refractivity contribution < 1.29 is 9.84 Å². The summed E-state index contributed by atoms with van der Waals surface area (Å²) in [5.74, 6) is 0.578. The van der Waals surface area contributed by atoms with Crippen molar-refractivity contribution in [2.75, 3.05) is 7.11 Å². The predicted molar refractivity (Wildman–Crippen MR) is 117 cm³/mol. The van der Waals surface area contributed by atoms with Crippen molar-refractivity contribution in [1.29, 1.82) is 0 Å². The van der Waals surface area contributed by atoms with Crippen molar-refractivity contribution in [3.63, 3.8) is 0 Å². The van der Waals surface area contributed by atoms with E-state index in [9.17, 15) is 9.90 Å². The molecule has 6 nitrogen and oxygen atoms in total. The van der Waals surface area contributed by atoms with Crippen LogP contribution in [0.3, 0.4) is 0 Å². The molecule has 0 fully saturated rings. The molecule has 0 saturated heterocycles. The lowest BCUT2D eigenvalue weighted by Crippen LogP contribution is -2.23. The van der Waals surface area contributed by atoms with Gasteiger partial charge < -0.3 is 9.84 Å². The number of aliphatic imine (C=N–C) groups is 1. The maximum atomic E-state index is 12.7. The molecule has 1 aliphatic heterocycles. The van der Waals surface area contributed by atoms with E-state index in [4.69, 9.17) is 21.9 Å². The molecule has 0 amide bonds. The molecule has 0 bridgehead atoms. The van der Waals surface area contributed by atoms with Gasteiger partial charge in [0.2, 0.25) is 5.88 Å². The van der Waals surface area contributed by atoms with Crippen LogP contribution in [0.25, 0.3) is 0 Å². The van der Waals surface area contributed by atoms with Gasteiger partial charge in [0.25, 0.3) is 5.56 Å². The first-order chi connectivity index (χ1) is 14.0. The minimum Gasteiger partial charge on any atom is -0.496 e. The highest BCUT2D eigenvalue weighted by atomic mass is 32.2. The number of methoxy groups -OCH3 is 1. The molecule has 8 heteroatoms. The van der Waals surface area contributed by atoms with E-state index in [1.807, 2.05) is 48.5 Å². The summed E-state index contributed by atoms with van der Waals surface area (Å²) >= 11 is 6.76. The molecular formula is C21H19N3O3S2. The van der Waals surface area contributed by atoms with Crippen LogP contribution < -0.4 is 10.3 Å². The molecule has 2 aromatic carbocycles. The summed E-state index contributed by atoms with van der Waals surface area (Å²) in [5, 5.41) is 10.6. The van der Waals surface area contributed by atoms with E-state index in [1.54, 1.807) is 25.9 Å². The third-order valence-electron chi connectivity index (χ3n) is 4.84. The lowest BCUT2D eigenvalue weighted by molar-refractivity contribution is 0.409. The number of aromatic nitrogens is 2. The number of aromatic amines is 1. The normalized spacial score (nSPS) is 15.9. The zero-order valence-electron chi connectivity index (χ0n) is 15.9. The fourth-order valence-electron chi connectivity index (χ4n) is 3.34. The van der Waals surface area contributed by atoms with Crippen LogP contribution in [-0.2, 0) is 7.05 Å². The molecule has 2 N–H and O–H groups in total. The minimum absolute atomic E-state index is 0.0548. The van der Waals surface area contributed by atoms with Crippen molar-refractivity contribution in [3.05, 3.63) is 74.8 Å². The molecule has 4 rings (SSSR count). The number of ether oxygens (including phenoxy) is 1. The van der Waals surface area contributed by atoms with Gasteiger partial charge in [-0.3, -0.25) is 19.3 Å². The zero-order valence-corrected chi connectivity index (χ0v) is 17.5. The van der Waals surface area contributed by atoms with Crippen LogP contribution in [0.5, 0.6) is 11.6 Å². The van der Waals surface area contributed by atoms with Gasteiger partial charge in [-0.2, -0.15) is 0 Å². The van der Waals surface area contributed by atoms with Crippen molar-refractivity contribution in [1.82, 2.24) is 9.55 Å². The van der Waals surface area contributed by atoms with Crippen LogP contribution in [0.2, 0.25) is 0 Å². The van der Waals surface area contributed by atoms with Gasteiger partial charge in [0.05, 0.1) is 18.5 Å². The quantitative estimate of drug-likeness (QED) is 0.604. The van der Waals surface area contributed by atoms with E-state index in [2.05, 4.69) is 4.98 Å². The monoisotopic (exact) mass is 425 g/mol. The van der Waals surface area contributed by atoms with E-state index < -0.39 is 5.56 Å². The molecule has 0 aliphatic carbocycles. The molecule has 1 unspecified atom stereocenters. The Bertz CT molecular complexity index is 1230. The average Bonchev–Trinajstić information content (AvgIpc) is 2.91. The number of aromatic hydroxyl groups is 1. The summed E-state index contributed by atoms with van der Waals surface area (Å²) in [6, 6.07) is 15.6. The Balaban J connectivity index is 1.93. The maximum absolute atomic E-state index is 12.7. The van der Waals surface area contributed by atoms with Crippen molar-refractivity contribution in [2.24, 2.45) is 12.0 Å². The highest BCUT2D eigenvalue weighted by Gasteiger charge is 2.27. The fourth-order valence-corrected chi connectivity index (χ4v) is 4.78. The number of nitrogens with one attached hydrogen (secondary N) is 1. The molecule has 148 valence electrons. The van der Waals surface area contributed by atoms with E-state index in [1.165, 1.54) is 4.57 Å². The zero-order chi connectivity index (χ0) is 20.5. The van der Waals surface area contributed by atoms with Crippen molar-refractivity contribution in [2.45, 2.75) is 16.6 Å². The van der Waals surface area contributed by atoms with Gasteiger partial charge in [0.1, 0.15) is 11.3 Å². The lowest BCUT2D eigenvalue weighted by Gasteiger charge is -2.19. The third kappa shape index (κ3) is 3.61. The number of fused-ring (bicyclic) bond motifs is 1. The van der Waals surface area contributed by atoms with Crippen LogP contribution in [-0.4, -0.2) is 27.5 Å². The summed E-state index contributed by atoms with van der Waals surface area (Å²) in [7, 11) is 3.25. The number of thioether (sulfide) groups is 1. The minimum atomic E-state index is -0.451. The Hall–Kier alpha value is -2.84. The van der Waals surface area contributed by atoms with Gasteiger partial charge in [0.15, 0.2) is 4.77 Å². The maximum Gasteiger partial charge on any atom is 0.264 e. The summed E-state index contributed by atoms with van der Waals surface area (Å²) in [6.45, 7) is 0. The molecule has 1 atom stereocenters. The lowest BCUT2D eigenvalue weighted by atomic mass is 10.0. The highest BCUT2D eigenvalue weighted by Crippen LogP contribution is 2.47. The van der Waals surface area contributed by atoms with Crippen LogP contribution in [0.1, 0.15) is 22.8 Å². The highest BCUT2D eigenvalue weighted by molar-refractivity contribution is 7.99. The van der Waals surface area contributed by atoms with E-state index in [-0.39, 0.29) is 21.5 Å². The Morgan fingerprint density at radius 3 is 2.76 bits per heavy atom. The predicted octanol–water partition coefficient (Wildman–Crippen LogP) is 4.51.